The van der Waals surface area contributed by atoms with Gasteiger partial charge >= 0.3 is 6.18 Å². The van der Waals surface area contributed by atoms with E-state index in [1.165, 1.54) is 0 Å². The van der Waals surface area contributed by atoms with Crippen molar-refractivity contribution >= 4 is 39.9 Å². The molecule has 0 amide bonds. The summed E-state index contributed by atoms with van der Waals surface area (Å²) in [7, 11) is 0. The number of halogens is 5. The van der Waals surface area contributed by atoms with E-state index in [0.717, 1.165) is 3.57 Å². The standard InChI is InChI=1S/C15H12ClF3IN/c16-11-6-7-13(12(20)8-11)21-14(9-15(17,18)19)10-4-2-1-3-5-10/h1-8,14,21H,9H2. The van der Waals surface area contributed by atoms with Crippen LogP contribution in [0.1, 0.15) is 18.0 Å². The summed E-state index contributed by atoms with van der Waals surface area (Å²) in [5, 5.41) is 3.51. The van der Waals surface area contributed by atoms with Crippen LogP contribution in [0, 0.1) is 3.57 Å². The first kappa shape index (κ1) is 16.4. The van der Waals surface area contributed by atoms with Gasteiger partial charge in [0.1, 0.15) is 0 Å². The van der Waals surface area contributed by atoms with Crippen molar-refractivity contribution in [3.05, 3.63) is 62.7 Å². The van der Waals surface area contributed by atoms with Crippen molar-refractivity contribution in [1.82, 2.24) is 0 Å². The number of benzene rings is 2. The molecule has 0 bridgehead atoms. The van der Waals surface area contributed by atoms with Gasteiger partial charge in [0.15, 0.2) is 0 Å². The van der Waals surface area contributed by atoms with E-state index in [4.69, 9.17) is 11.6 Å². The van der Waals surface area contributed by atoms with E-state index in [9.17, 15) is 13.2 Å². The first-order valence-electron chi connectivity index (χ1n) is 6.18. The fraction of sp³-hybridized carbons (Fsp3) is 0.200. The van der Waals surface area contributed by atoms with E-state index in [1.54, 1.807) is 48.5 Å². The second kappa shape index (κ2) is 6.87. The SMILES string of the molecule is FC(F)(F)CC(Nc1ccc(Cl)cc1I)c1ccccc1. The summed E-state index contributed by atoms with van der Waals surface area (Å²) in [6.45, 7) is 0. The number of anilines is 1. The molecule has 0 spiro atoms. The maximum atomic E-state index is 12.8. The lowest BCUT2D eigenvalue weighted by Crippen LogP contribution is -2.20. The summed E-state index contributed by atoms with van der Waals surface area (Å²) in [6, 6.07) is 12.8. The van der Waals surface area contributed by atoms with Crippen LogP contribution in [0.25, 0.3) is 0 Å². The predicted octanol–water partition coefficient (Wildman–Crippen LogP) is 6.05. The third kappa shape index (κ3) is 5.07. The summed E-state index contributed by atoms with van der Waals surface area (Å²) in [6.07, 6.45) is -5.18. The van der Waals surface area contributed by atoms with Gasteiger partial charge in [-0.3, -0.25) is 0 Å². The van der Waals surface area contributed by atoms with Crippen LogP contribution in [0.2, 0.25) is 5.02 Å². The molecule has 112 valence electrons. The zero-order valence-corrected chi connectivity index (χ0v) is 13.7. The fourth-order valence-corrected chi connectivity index (χ4v) is 2.99. The number of rotatable bonds is 4. The van der Waals surface area contributed by atoms with Crippen LogP contribution in [0.4, 0.5) is 18.9 Å². The molecule has 0 aliphatic heterocycles. The molecule has 0 saturated heterocycles. The summed E-state index contributed by atoms with van der Waals surface area (Å²) in [4.78, 5) is 0. The van der Waals surface area contributed by atoms with Crippen molar-refractivity contribution in [2.45, 2.75) is 18.6 Å². The largest absolute Gasteiger partial charge is 0.391 e. The molecule has 0 saturated carbocycles. The third-order valence-electron chi connectivity index (χ3n) is 2.90. The highest BCUT2D eigenvalue weighted by Gasteiger charge is 2.32. The van der Waals surface area contributed by atoms with Gasteiger partial charge in [-0.2, -0.15) is 13.2 Å². The predicted molar refractivity (Wildman–Crippen MR) is 87.6 cm³/mol. The van der Waals surface area contributed by atoms with Gasteiger partial charge in [0.05, 0.1) is 12.5 Å². The molecule has 2 rings (SSSR count). The number of nitrogens with one attached hydrogen (secondary N) is 1. The van der Waals surface area contributed by atoms with E-state index in [1.807, 2.05) is 22.6 Å². The van der Waals surface area contributed by atoms with Crippen molar-refractivity contribution in [2.24, 2.45) is 0 Å². The van der Waals surface area contributed by atoms with Gasteiger partial charge in [-0.15, -0.1) is 0 Å². The highest BCUT2D eigenvalue weighted by molar-refractivity contribution is 14.1. The Hall–Kier alpha value is -0.950. The van der Waals surface area contributed by atoms with Crippen molar-refractivity contribution in [3.8, 4) is 0 Å². The van der Waals surface area contributed by atoms with Gasteiger partial charge in [0.2, 0.25) is 0 Å². The smallest absolute Gasteiger partial charge is 0.377 e. The minimum Gasteiger partial charge on any atom is -0.377 e. The quantitative estimate of drug-likeness (QED) is 0.588. The minimum absolute atomic E-state index is 0.553. The summed E-state index contributed by atoms with van der Waals surface area (Å²) < 4.78 is 39.2. The normalized spacial score (nSPS) is 13.0. The van der Waals surface area contributed by atoms with Crippen molar-refractivity contribution in [1.29, 1.82) is 0 Å². The third-order valence-corrected chi connectivity index (χ3v) is 4.03. The Morgan fingerprint density at radius 3 is 2.33 bits per heavy atom. The second-order valence-electron chi connectivity index (χ2n) is 4.55. The minimum atomic E-state index is -4.24. The molecule has 21 heavy (non-hydrogen) atoms. The van der Waals surface area contributed by atoms with E-state index in [2.05, 4.69) is 5.32 Å². The molecule has 2 aromatic carbocycles. The first-order chi connectivity index (χ1) is 9.85. The van der Waals surface area contributed by atoms with E-state index in [-0.39, 0.29) is 0 Å². The van der Waals surface area contributed by atoms with Gasteiger partial charge in [-0.1, -0.05) is 41.9 Å². The molecule has 0 aromatic heterocycles. The highest BCUT2D eigenvalue weighted by Crippen LogP contribution is 2.33. The zero-order chi connectivity index (χ0) is 15.5. The molecule has 1 unspecified atom stereocenters. The molecule has 0 radical (unpaired) electrons. The molecular formula is C15H12ClF3IN. The molecule has 1 nitrogen and oxygen atoms in total. The van der Waals surface area contributed by atoms with Crippen LogP contribution in [-0.2, 0) is 0 Å². The highest BCUT2D eigenvalue weighted by atomic mass is 127. The molecular weight excluding hydrogens is 414 g/mol. The topological polar surface area (TPSA) is 12.0 Å². The monoisotopic (exact) mass is 425 g/mol. The Balaban J connectivity index is 2.28. The lowest BCUT2D eigenvalue weighted by Gasteiger charge is -2.22. The van der Waals surface area contributed by atoms with E-state index in [0.29, 0.717) is 16.3 Å². The molecule has 1 atom stereocenters. The summed E-state index contributed by atoms with van der Waals surface area (Å²) in [5.74, 6) is 0. The molecule has 0 aliphatic rings. The van der Waals surface area contributed by atoms with Crippen LogP contribution in [-0.4, -0.2) is 6.18 Å². The number of hydrogen-bond donors (Lipinski definition) is 1. The Morgan fingerprint density at radius 2 is 1.76 bits per heavy atom. The fourth-order valence-electron chi connectivity index (χ4n) is 1.96. The zero-order valence-electron chi connectivity index (χ0n) is 10.8. The van der Waals surface area contributed by atoms with Gasteiger partial charge in [-0.05, 0) is 46.4 Å². The molecule has 6 heteroatoms. The number of hydrogen-bond acceptors (Lipinski definition) is 1. The van der Waals surface area contributed by atoms with Crippen molar-refractivity contribution in [2.75, 3.05) is 5.32 Å². The van der Waals surface area contributed by atoms with Gasteiger partial charge in [-0.25, -0.2) is 0 Å². The van der Waals surface area contributed by atoms with Crippen molar-refractivity contribution in [3.63, 3.8) is 0 Å². The number of alkyl halides is 3. The Kier molecular flexibility index (Phi) is 5.37. The van der Waals surface area contributed by atoms with Crippen molar-refractivity contribution < 1.29 is 13.2 Å². The van der Waals surface area contributed by atoms with Crippen LogP contribution in [0.3, 0.4) is 0 Å². The maximum Gasteiger partial charge on any atom is 0.391 e. The second-order valence-corrected chi connectivity index (χ2v) is 6.15. The Bertz CT molecular complexity index is 602. The van der Waals surface area contributed by atoms with Crippen LogP contribution in [0.15, 0.2) is 48.5 Å². The molecule has 0 fully saturated rings. The lowest BCUT2D eigenvalue weighted by atomic mass is 10.0. The van der Waals surface area contributed by atoms with Gasteiger partial charge in [0, 0.05) is 14.3 Å². The molecule has 0 aliphatic carbocycles. The molecule has 0 heterocycles. The van der Waals surface area contributed by atoms with Gasteiger partial charge < -0.3 is 5.32 Å². The first-order valence-corrected chi connectivity index (χ1v) is 7.64. The van der Waals surface area contributed by atoms with Crippen LogP contribution >= 0.6 is 34.2 Å². The Morgan fingerprint density at radius 1 is 1.10 bits per heavy atom. The molecule has 2 aromatic rings. The summed E-state index contributed by atoms with van der Waals surface area (Å²) >= 11 is 7.91. The van der Waals surface area contributed by atoms with E-state index < -0.39 is 18.6 Å². The Labute approximate surface area is 139 Å². The average Bonchev–Trinajstić information content (AvgIpc) is 2.40. The average molecular weight is 426 g/mol. The molecule has 1 N–H and O–H groups in total. The lowest BCUT2D eigenvalue weighted by molar-refractivity contribution is -0.137. The summed E-state index contributed by atoms with van der Waals surface area (Å²) in [5.41, 5.74) is 1.23. The maximum absolute atomic E-state index is 12.8. The van der Waals surface area contributed by atoms with Gasteiger partial charge in [0.25, 0.3) is 0 Å². The van der Waals surface area contributed by atoms with Crippen LogP contribution in [0.5, 0.6) is 0 Å². The van der Waals surface area contributed by atoms with E-state index >= 15 is 0 Å². The van der Waals surface area contributed by atoms with Crippen LogP contribution < -0.4 is 5.32 Å².